The van der Waals surface area contributed by atoms with Gasteiger partial charge in [0.05, 0.1) is 4.90 Å². The molecule has 2 amide bonds. The monoisotopic (exact) mass is 411 g/mol. The van der Waals surface area contributed by atoms with E-state index in [0.717, 1.165) is 31.4 Å². The molecule has 148 valence electrons. The van der Waals surface area contributed by atoms with Crippen LogP contribution < -0.4 is 5.32 Å². The molecule has 2 aliphatic rings. The van der Waals surface area contributed by atoms with Crippen LogP contribution in [0.1, 0.15) is 32.1 Å². The van der Waals surface area contributed by atoms with Gasteiger partial charge in [-0.05, 0) is 31.0 Å². The molecule has 2 fully saturated rings. The average Bonchev–Trinajstić information content (AvgIpc) is 2.88. The Morgan fingerprint density at radius 1 is 1.11 bits per heavy atom. The van der Waals surface area contributed by atoms with E-state index in [2.05, 4.69) is 5.32 Å². The number of sulfonamides is 1. The molecule has 7 nitrogen and oxygen atoms in total. The Kier molecular flexibility index (Phi) is 6.78. The summed E-state index contributed by atoms with van der Waals surface area (Å²) in [4.78, 5) is 25.6. The number of hydrogen-bond acceptors (Lipinski definition) is 5. The van der Waals surface area contributed by atoms with Crippen LogP contribution in [0, 0.1) is 0 Å². The maximum absolute atomic E-state index is 12.9. The molecule has 0 aliphatic carbocycles. The molecule has 0 radical (unpaired) electrons. The van der Waals surface area contributed by atoms with Crippen LogP contribution in [0.4, 0.5) is 10.5 Å². The van der Waals surface area contributed by atoms with Crippen LogP contribution in [0.3, 0.4) is 0 Å². The first-order valence-electron chi connectivity index (χ1n) is 9.28. The van der Waals surface area contributed by atoms with E-state index < -0.39 is 10.0 Å². The summed E-state index contributed by atoms with van der Waals surface area (Å²) in [7, 11) is -3.55. The fourth-order valence-corrected chi connectivity index (χ4v) is 5.67. The molecule has 2 heterocycles. The fraction of sp³-hybridized carbons (Fsp3) is 0.556. The predicted molar refractivity (Wildman–Crippen MR) is 106 cm³/mol. The Morgan fingerprint density at radius 2 is 1.85 bits per heavy atom. The molecule has 1 aromatic carbocycles. The maximum Gasteiger partial charge on any atom is 0.281 e. The summed E-state index contributed by atoms with van der Waals surface area (Å²) >= 11 is 1.26. The molecule has 27 heavy (non-hydrogen) atoms. The van der Waals surface area contributed by atoms with Crippen molar-refractivity contribution in [3.63, 3.8) is 0 Å². The third-order valence-corrected chi connectivity index (χ3v) is 7.56. The number of rotatable bonds is 6. The molecule has 0 aromatic heterocycles. The number of amides is 2. The highest BCUT2D eigenvalue weighted by Gasteiger charge is 2.25. The van der Waals surface area contributed by atoms with Crippen molar-refractivity contribution in [2.45, 2.75) is 37.0 Å². The van der Waals surface area contributed by atoms with Crippen LogP contribution in [0.25, 0.3) is 0 Å². The van der Waals surface area contributed by atoms with Crippen LogP contribution in [-0.4, -0.2) is 60.7 Å². The van der Waals surface area contributed by atoms with Gasteiger partial charge in [0, 0.05) is 44.0 Å². The lowest BCUT2D eigenvalue weighted by Gasteiger charge is -2.20. The van der Waals surface area contributed by atoms with E-state index in [0.29, 0.717) is 31.9 Å². The highest BCUT2D eigenvalue weighted by atomic mass is 32.2. The lowest BCUT2D eigenvalue weighted by Crippen LogP contribution is -2.32. The second kappa shape index (κ2) is 9.07. The van der Waals surface area contributed by atoms with Gasteiger partial charge in [0.25, 0.3) is 5.24 Å². The Bertz CT molecular complexity index is 790. The number of nitrogens with one attached hydrogen (secondary N) is 1. The molecule has 0 spiro atoms. The standard InChI is InChI=1S/C18H25N3O4S2/c22-17(8-11-20-12-13-26-18(20)23)19-15-6-5-7-16(14-15)27(24,25)21-9-3-1-2-4-10-21/h5-7,14H,1-4,8-13H2,(H,19,22). The van der Waals surface area contributed by atoms with Gasteiger partial charge >= 0.3 is 0 Å². The molecule has 1 aromatic rings. The van der Waals surface area contributed by atoms with E-state index in [1.165, 1.54) is 22.1 Å². The first kappa shape index (κ1) is 20.2. The van der Waals surface area contributed by atoms with Crippen LogP contribution in [0.2, 0.25) is 0 Å². The lowest BCUT2D eigenvalue weighted by molar-refractivity contribution is -0.116. The Hall–Kier alpha value is -1.58. The van der Waals surface area contributed by atoms with Gasteiger partial charge in [0.15, 0.2) is 0 Å². The van der Waals surface area contributed by atoms with Crippen molar-refractivity contribution in [3.05, 3.63) is 24.3 Å². The van der Waals surface area contributed by atoms with Crippen molar-refractivity contribution in [2.24, 2.45) is 0 Å². The SMILES string of the molecule is O=C(CCN1CCSC1=O)Nc1cccc(S(=O)(=O)N2CCCCCC2)c1. The maximum atomic E-state index is 12.9. The van der Waals surface area contributed by atoms with Gasteiger partial charge in [-0.3, -0.25) is 9.59 Å². The minimum atomic E-state index is -3.55. The van der Waals surface area contributed by atoms with Crippen molar-refractivity contribution >= 4 is 38.6 Å². The smallest absolute Gasteiger partial charge is 0.281 e. The quantitative estimate of drug-likeness (QED) is 0.778. The zero-order valence-electron chi connectivity index (χ0n) is 15.2. The average molecular weight is 412 g/mol. The number of carbonyl (C=O) groups excluding carboxylic acids is 2. The Labute approximate surface area is 164 Å². The number of anilines is 1. The molecule has 0 bridgehead atoms. The van der Waals surface area contributed by atoms with Crippen LogP contribution in [0.5, 0.6) is 0 Å². The Balaban J connectivity index is 1.62. The molecule has 0 unspecified atom stereocenters. The first-order valence-corrected chi connectivity index (χ1v) is 11.7. The molecule has 0 atom stereocenters. The normalized spacial score (nSPS) is 19.1. The van der Waals surface area contributed by atoms with Gasteiger partial charge < -0.3 is 10.2 Å². The zero-order chi connectivity index (χ0) is 19.3. The van der Waals surface area contributed by atoms with Gasteiger partial charge in [-0.2, -0.15) is 4.31 Å². The first-order chi connectivity index (χ1) is 13.0. The molecular weight excluding hydrogens is 386 g/mol. The minimum absolute atomic E-state index is 0.00772. The van der Waals surface area contributed by atoms with Gasteiger partial charge in [0.2, 0.25) is 15.9 Å². The van der Waals surface area contributed by atoms with Crippen molar-refractivity contribution in [3.8, 4) is 0 Å². The summed E-state index contributed by atoms with van der Waals surface area (Å²) in [5.41, 5.74) is 0.457. The van der Waals surface area contributed by atoms with Gasteiger partial charge in [-0.15, -0.1) is 0 Å². The summed E-state index contributed by atoms with van der Waals surface area (Å²) in [6.45, 7) is 2.13. The van der Waals surface area contributed by atoms with Crippen molar-refractivity contribution in [1.29, 1.82) is 0 Å². The molecule has 2 saturated heterocycles. The largest absolute Gasteiger partial charge is 0.332 e. The topological polar surface area (TPSA) is 86.8 Å². The molecule has 3 rings (SSSR count). The summed E-state index contributed by atoms with van der Waals surface area (Å²) in [5.74, 6) is 0.528. The van der Waals surface area contributed by atoms with Crippen LogP contribution >= 0.6 is 11.8 Å². The van der Waals surface area contributed by atoms with Crippen molar-refractivity contribution < 1.29 is 18.0 Å². The number of nitrogens with zero attached hydrogens (tertiary/aromatic N) is 2. The second-order valence-electron chi connectivity index (χ2n) is 6.75. The lowest BCUT2D eigenvalue weighted by atomic mass is 10.2. The van der Waals surface area contributed by atoms with Crippen molar-refractivity contribution in [2.75, 3.05) is 37.2 Å². The fourth-order valence-electron chi connectivity index (χ4n) is 3.25. The third-order valence-electron chi connectivity index (χ3n) is 4.77. The summed E-state index contributed by atoms with van der Waals surface area (Å²) in [6, 6.07) is 6.39. The molecule has 1 N–H and O–H groups in total. The van der Waals surface area contributed by atoms with E-state index in [1.54, 1.807) is 23.1 Å². The van der Waals surface area contributed by atoms with Gasteiger partial charge in [0.1, 0.15) is 0 Å². The zero-order valence-corrected chi connectivity index (χ0v) is 16.9. The number of benzene rings is 1. The summed E-state index contributed by atoms with van der Waals surface area (Å²) < 4.78 is 27.3. The predicted octanol–water partition coefficient (Wildman–Crippen LogP) is 2.75. The van der Waals surface area contributed by atoms with Gasteiger partial charge in [-0.25, -0.2) is 8.42 Å². The van der Waals surface area contributed by atoms with Gasteiger partial charge in [-0.1, -0.05) is 30.7 Å². The second-order valence-corrected chi connectivity index (χ2v) is 9.73. The van der Waals surface area contributed by atoms with E-state index >= 15 is 0 Å². The van der Waals surface area contributed by atoms with E-state index in [-0.39, 0.29) is 22.5 Å². The Morgan fingerprint density at radius 3 is 2.52 bits per heavy atom. The summed E-state index contributed by atoms with van der Waals surface area (Å²) in [6.07, 6.45) is 4.06. The van der Waals surface area contributed by atoms with Crippen LogP contribution in [-0.2, 0) is 14.8 Å². The van der Waals surface area contributed by atoms with E-state index in [4.69, 9.17) is 0 Å². The summed E-state index contributed by atoms with van der Waals surface area (Å²) in [5, 5.41) is 2.75. The number of thioether (sulfide) groups is 1. The number of hydrogen-bond donors (Lipinski definition) is 1. The van der Waals surface area contributed by atoms with E-state index in [1.807, 2.05) is 0 Å². The molecular formula is C18H25N3O4S2. The highest BCUT2D eigenvalue weighted by Crippen LogP contribution is 2.23. The number of carbonyl (C=O) groups is 2. The minimum Gasteiger partial charge on any atom is -0.332 e. The third kappa shape index (κ3) is 5.24. The van der Waals surface area contributed by atoms with Crippen LogP contribution in [0.15, 0.2) is 29.2 Å². The molecule has 2 aliphatic heterocycles. The van der Waals surface area contributed by atoms with Crippen molar-refractivity contribution in [1.82, 2.24) is 9.21 Å². The van der Waals surface area contributed by atoms with E-state index in [9.17, 15) is 18.0 Å². The highest BCUT2D eigenvalue weighted by molar-refractivity contribution is 8.13. The molecule has 9 heteroatoms. The molecule has 0 saturated carbocycles.